The van der Waals surface area contributed by atoms with Crippen LogP contribution >= 0.6 is 11.8 Å². The summed E-state index contributed by atoms with van der Waals surface area (Å²) >= 11 is 2.14. The Morgan fingerprint density at radius 3 is 2.69 bits per heavy atom. The maximum atomic E-state index is 5.81. The molecule has 3 heteroatoms. The van der Waals surface area contributed by atoms with Gasteiger partial charge in [-0.05, 0) is 32.1 Å². The molecule has 2 nitrogen and oxygen atoms in total. The largest absolute Gasteiger partial charge is 0.379 e. The SMILES string of the molecule is CC(C)C1CCOCC12SCCN2C(C)C. The summed E-state index contributed by atoms with van der Waals surface area (Å²) < 4.78 is 5.81. The van der Waals surface area contributed by atoms with Gasteiger partial charge in [-0.2, -0.15) is 0 Å². The molecule has 94 valence electrons. The van der Waals surface area contributed by atoms with Gasteiger partial charge in [-0.25, -0.2) is 0 Å². The molecule has 0 aromatic heterocycles. The second kappa shape index (κ2) is 4.87. The van der Waals surface area contributed by atoms with Crippen LogP contribution in [-0.4, -0.2) is 41.3 Å². The summed E-state index contributed by atoms with van der Waals surface area (Å²) in [5, 5.41) is 0. The van der Waals surface area contributed by atoms with Crippen molar-refractivity contribution in [2.45, 2.75) is 45.0 Å². The molecule has 16 heavy (non-hydrogen) atoms. The van der Waals surface area contributed by atoms with Crippen molar-refractivity contribution in [3.8, 4) is 0 Å². The lowest BCUT2D eigenvalue weighted by molar-refractivity contribution is -0.0533. The molecule has 0 amide bonds. The maximum Gasteiger partial charge on any atom is 0.0940 e. The van der Waals surface area contributed by atoms with E-state index >= 15 is 0 Å². The van der Waals surface area contributed by atoms with E-state index in [2.05, 4.69) is 44.4 Å². The second-order valence-corrected chi connectivity index (χ2v) is 7.08. The molecule has 1 spiro atoms. The van der Waals surface area contributed by atoms with Crippen LogP contribution in [0, 0.1) is 11.8 Å². The number of thioether (sulfide) groups is 1. The van der Waals surface area contributed by atoms with Crippen LogP contribution in [-0.2, 0) is 4.74 Å². The monoisotopic (exact) mass is 243 g/mol. The van der Waals surface area contributed by atoms with Gasteiger partial charge in [0.25, 0.3) is 0 Å². The first-order chi connectivity index (χ1) is 7.58. The standard InChI is InChI=1S/C13H25NOS/c1-10(2)12-5-7-15-9-13(12)14(11(3)4)6-8-16-13/h10-12H,5-9H2,1-4H3. The first-order valence-electron chi connectivity index (χ1n) is 6.56. The minimum Gasteiger partial charge on any atom is -0.379 e. The Morgan fingerprint density at radius 2 is 2.06 bits per heavy atom. The summed E-state index contributed by atoms with van der Waals surface area (Å²) in [7, 11) is 0. The van der Waals surface area contributed by atoms with Gasteiger partial charge in [-0.3, -0.25) is 4.90 Å². The average molecular weight is 243 g/mol. The number of hydrogen-bond acceptors (Lipinski definition) is 3. The quantitative estimate of drug-likeness (QED) is 0.740. The molecule has 2 aliphatic rings. The molecule has 0 aliphatic carbocycles. The third-order valence-corrected chi connectivity index (χ3v) is 5.60. The zero-order valence-corrected chi connectivity index (χ0v) is 11.8. The fraction of sp³-hybridized carbons (Fsp3) is 1.00. The highest BCUT2D eigenvalue weighted by Crippen LogP contribution is 2.49. The molecular weight excluding hydrogens is 218 g/mol. The van der Waals surface area contributed by atoms with E-state index in [0.717, 1.165) is 25.0 Å². The fourth-order valence-corrected chi connectivity index (χ4v) is 5.23. The summed E-state index contributed by atoms with van der Waals surface area (Å²) in [4.78, 5) is 2.96. The Balaban J connectivity index is 2.24. The Bertz CT molecular complexity index is 244. The van der Waals surface area contributed by atoms with Gasteiger partial charge < -0.3 is 4.74 Å². The van der Waals surface area contributed by atoms with Gasteiger partial charge in [0.15, 0.2) is 0 Å². The first-order valence-corrected chi connectivity index (χ1v) is 7.55. The smallest absolute Gasteiger partial charge is 0.0940 e. The van der Waals surface area contributed by atoms with E-state index in [1.165, 1.54) is 18.7 Å². The zero-order chi connectivity index (χ0) is 11.8. The minimum atomic E-state index is 0.278. The second-order valence-electron chi connectivity index (χ2n) is 5.67. The Hall–Kier alpha value is 0.270. The van der Waals surface area contributed by atoms with Crippen LogP contribution in [0.15, 0.2) is 0 Å². The van der Waals surface area contributed by atoms with Crippen molar-refractivity contribution in [1.29, 1.82) is 0 Å². The van der Waals surface area contributed by atoms with Crippen molar-refractivity contribution in [2.75, 3.05) is 25.5 Å². The highest BCUT2D eigenvalue weighted by molar-refractivity contribution is 8.00. The van der Waals surface area contributed by atoms with Crippen molar-refractivity contribution >= 4 is 11.8 Å². The van der Waals surface area contributed by atoms with Gasteiger partial charge in [-0.15, -0.1) is 11.8 Å². The maximum absolute atomic E-state index is 5.81. The predicted molar refractivity (Wildman–Crippen MR) is 70.8 cm³/mol. The van der Waals surface area contributed by atoms with E-state index in [4.69, 9.17) is 4.74 Å². The van der Waals surface area contributed by atoms with Crippen LogP contribution in [0.2, 0.25) is 0 Å². The van der Waals surface area contributed by atoms with E-state index in [0.29, 0.717) is 6.04 Å². The van der Waals surface area contributed by atoms with Crippen molar-refractivity contribution in [3.63, 3.8) is 0 Å². The Kier molecular flexibility index (Phi) is 3.87. The molecule has 2 atom stereocenters. The number of rotatable bonds is 2. The molecule has 0 bridgehead atoms. The lowest BCUT2D eigenvalue weighted by Gasteiger charge is -2.49. The number of hydrogen-bond donors (Lipinski definition) is 0. The van der Waals surface area contributed by atoms with Gasteiger partial charge in [0, 0.05) is 24.9 Å². The molecule has 0 aromatic rings. The lowest BCUT2D eigenvalue weighted by Crippen LogP contribution is -2.57. The summed E-state index contributed by atoms with van der Waals surface area (Å²) in [6, 6.07) is 0.637. The van der Waals surface area contributed by atoms with Crippen molar-refractivity contribution < 1.29 is 4.74 Å². The van der Waals surface area contributed by atoms with Crippen molar-refractivity contribution in [1.82, 2.24) is 4.90 Å². The van der Waals surface area contributed by atoms with Crippen LogP contribution in [0.3, 0.4) is 0 Å². The lowest BCUT2D eigenvalue weighted by atomic mass is 9.83. The van der Waals surface area contributed by atoms with Gasteiger partial charge in [0.05, 0.1) is 11.5 Å². The first kappa shape index (κ1) is 12.7. The van der Waals surface area contributed by atoms with Gasteiger partial charge in [0.1, 0.15) is 0 Å². The molecule has 2 saturated heterocycles. The topological polar surface area (TPSA) is 12.5 Å². The zero-order valence-electron chi connectivity index (χ0n) is 11.0. The molecule has 0 aromatic carbocycles. The molecule has 2 heterocycles. The molecule has 2 unspecified atom stereocenters. The normalized spacial score (nSPS) is 36.8. The molecular formula is C13H25NOS. The summed E-state index contributed by atoms with van der Waals surface area (Å²) in [6.07, 6.45) is 1.23. The highest BCUT2D eigenvalue weighted by atomic mass is 32.2. The molecule has 0 N–H and O–H groups in total. The van der Waals surface area contributed by atoms with E-state index in [-0.39, 0.29) is 4.87 Å². The van der Waals surface area contributed by atoms with Crippen molar-refractivity contribution in [3.05, 3.63) is 0 Å². The molecule has 2 fully saturated rings. The van der Waals surface area contributed by atoms with Crippen LogP contribution in [0.1, 0.15) is 34.1 Å². The van der Waals surface area contributed by atoms with Crippen LogP contribution in [0.5, 0.6) is 0 Å². The summed E-state index contributed by atoms with van der Waals surface area (Å²) in [6.45, 7) is 12.5. The Morgan fingerprint density at radius 1 is 1.31 bits per heavy atom. The molecule has 2 rings (SSSR count). The third kappa shape index (κ3) is 2.02. The fourth-order valence-electron chi connectivity index (χ4n) is 3.35. The highest BCUT2D eigenvalue weighted by Gasteiger charge is 2.51. The molecule has 2 aliphatic heterocycles. The van der Waals surface area contributed by atoms with E-state index in [1.54, 1.807) is 0 Å². The van der Waals surface area contributed by atoms with Crippen LogP contribution < -0.4 is 0 Å². The summed E-state index contributed by atoms with van der Waals surface area (Å²) in [5.74, 6) is 2.82. The van der Waals surface area contributed by atoms with E-state index in [1.807, 2.05) is 0 Å². The van der Waals surface area contributed by atoms with Crippen LogP contribution in [0.4, 0.5) is 0 Å². The summed E-state index contributed by atoms with van der Waals surface area (Å²) in [5.41, 5.74) is 0. The molecule has 0 saturated carbocycles. The van der Waals surface area contributed by atoms with Crippen molar-refractivity contribution in [2.24, 2.45) is 11.8 Å². The average Bonchev–Trinajstić information content (AvgIpc) is 2.62. The predicted octanol–water partition coefficient (Wildman–Crippen LogP) is 2.83. The van der Waals surface area contributed by atoms with Gasteiger partial charge in [0.2, 0.25) is 0 Å². The third-order valence-electron chi connectivity index (χ3n) is 4.06. The van der Waals surface area contributed by atoms with E-state index < -0.39 is 0 Å². The number of nitrogens with zero attached hydrogens (tertiary/aromatic N) is 1. The minimum absolute atomic E-state index is 0.278. The van der Waals surface area contributed by atoms with Gasteiger partial charge >= 0.3 is 0 Å². The van der Waals surface area contributed by atoms with Crippen LogP contribution in [0.25, 0.3) is 0 Å². The molecule has 0 radical (unpaired) electrons. The number of ether oxygens (including phenoxy) is 1. The van der Waals surface area contributed by atoms with E-state index in [9.17, 15) is 0 Å². The van der Waals surface area contributed by atoms with Gasteiger partial charge in [-0.1, -0.05) is 13.8 Å². The Labute approximate surface area is 104 Å².